The summed E-state index contributed by atoms with van der Waals surface area (Å²) in [5.41, 5.74) is 5.65. The van der Waals surface area contributed by atoms with E-state index in [2.05, 4.69) is 26.1 Å². The summed E-state index contributed by atoms with van der Waals surface area (Å²) in [7, 11) is 0. The molecule has 0 heterocycles. The quantitative estimate of drug-likeness (QED) is 0.687. The monoisotopic (exact) mass is 300 g/mol. The molecular weight excluding hydrogens is 268 g/mol. The largest absolute Gasteiger partial charge is 0.352 e. The third-order valence-electron chi connectivity index (χ3n) is 4.40. The van der Waals surface area contributed by atoms with Crippen LogP contribution in [0.2, 0.25) is 0 Å². The van der Waals surface area contributed by atoms with E-state index in [1.54, 1.807) is 0 Å². The fraction of sp³-hybridized carbons (Fsp3) is 0.938. The van der Waals surface area contributed by atoms with Crippen LogP contribution in [0.1, 0.15) is 59.3 Å². The van der Waals surface area contributed by atoms with Gasteiger partial charge in [-0.3, -0.25) is 4.79 Å². The molecule has 1 amide bonds. The topological polar surface area (TPSA) is 55.1 Å². The Hall–Kier alpha value is -0.220. The summed E-state index contributed by atoms with van der Waals surface area (Å²) in [6.45, 7) is 7.37. The molecule has 0 radical (unpaired) electrons. The minimum Gasteiger partial charge on any atom is -0.352 e. The molecular formula is C16H32N2OS. The van der Waals surface area contributed by atoms with Crippen molar-refractivity contribution in [3.05, 3.63) is 0 Å². The van der Waals surface area contributed by atoms with Gasteiger partial charge in [-0.25, -0.2) is 0 Å². The summed E-state index contributed by atoms with van der Waals surface area (Å²) in [6.07, 6.45) is 6.32. The molecule has 1 aliphatic carbocycles. The fourth-order valence-corrected chi connectivity index (χ4v) is 4.32. The van der Waals surface area contributed by atoms with E-state index < -0.39 is 0 Å². The maximum absolute atomic E-state index is 12.1. The first-order valence-corrected chi connectivity index (χ1v) is 9.24. The second-order valence-corrected chi connectivity index (χ2v) is 7.74. The van der Waals surface area contributed by atoms with Crippen molar-refractivity contribution < 1.29 is 4.79 Å². The van der Waals surface area contributed by atoms with Crippen molar-refractivity contribution in [1.82, 2.24) is 5.32 Å². The standard InChI is InChI=1S/C16H32N2OS/c1-4-20-15-7-5-6-14(15)18-16(19)9-8-13(10-11-17)12(2)3/h12-15H,4-11,17H2,1-3H3,(H,18,19). The lowest BCUT2D eigenvalue weighted by Crippen LogP contribution is -2.39. The highest BCUT2D eigenvalue weighted by molar-refractivity contribution is 7.99. The lowest BCUT2D eigenvalue weighted by Gasteiger charge is -2.22. The number of thioether (sulfide) groups is 1. The van der Waals surface area contributed by atoms with Crippen LogP contribution in [-0.4, -0.2) is 29.5 Å². The molecule has 0 saturated heterocycles. The van der Waals surface area contributed by atoms with Gasteiger partial charge in [-0.05, 0) is 49.8 Å². The van der Waals surface area contributed by atoms with E-state index in [9.17, 15) is 4.79 Å². The third-order valence-corrected chi connectivity index (χ3v) is 5.73. The number of carbonyl (C=O) groups excluding carboxylic acids is 1. The Morgan fingerprint density at radius 1 is 1.35 bits per heavy atom. The number of nitrogens with one attached hydrogen (secondary N) is 1. The van der Waals surface area contributed by atoms with Crippen molar-refractivity contribution in [2.45, 2.75) is 70.6 Å². The Bertz CT molecular complexity index is 284. The van der Waals surface area contributed by atoms with Crippen LogP contribution < -0.4 is 11.1 Å². The molecule has 1 aliphatic rings. The molecule has 0 aromatic carbocycles. The van der Waals surface area contributed by atoms with Gasteiger partial charge in [0.1, 0.15) is 0 Å². The van der Waals surface area contributed by atoms with E-state index in [0.29, 0.717) is 29.5 Å². The Balaban J connectivity index is 2.31. The van der Waals surface area contributed by atoms with Gasteiger partial charge in [-0.1, -0.05) is 27.2 Å². The van der Waals surface area contributed by atoms with Crippen LogP contribution in [0, 0.1) is 11.8 Å². The van der Waals surface area contributed by atoms with Gasteiger partial charge in [-0.2, -0.15) is 11.8 Å². The molecule has 0 bridgehead atoms. The Kier molecular flexibility index (Phi) is 8.62. The van der Waals surface area contributed by atoms with Crippen molar-refractivity contribution in [3.8, 4) is 0 Å². The van der Waals surface area contributed by atoms with Crippen LogP contribution in [0.5, 0.6) is 0 Å². The predicted octanol–water partition coefficient (Wildman–Crippen LogP) is 3.18. The molecule has 1 saturated carbocycles. The summed E-state index contributed by atoms with van der Waals surface area (Å²) in [4.78, 5) is 12.1. The van der Waals surface area contributed by atoms with Crippen LogP contribution in [0.4, 0.5) is 0 Å². The van der Waals surface area contributed by atoms with Gasteiger partial charge in [0.25, 0.3) is 0 Å². The minimum absolute atomic E-state index is 0.237. The summed E-state index contributed by atoms with van der Waals surface area (Å²) in [5.74, 6) is 2.57. The first-order chi connectivity index (χ1) is 9.58. The molecule has 20 heavy (non-hydrogen) atoms. The van der Waals surface area contributed by atoms with Crippen molar-refractivity contribution in [1.29, 1.82) is 0 Å². The SMILES string of the molecule is CCSC1CCCC1NC(=O)CCC(CCN)C(C)C. The fourth-order valence-electron chi connectivity index (χ4n) is 3.13. The number of rotatable bonds is 9. The van der Waals surface area contributed by atoms with Gasteiger partial charge in [-0.15, -0.1) is 0 Å². The number of hydrogen-bond donors (Lipinski definition) is 2. The zero-order valence-corrected chi connectivity index (χ0v) is 14.2. The molecule has 1 fully saturated rings. The van der Waals surface area contributed by atoms with Gasteiger partial charge in [0.2, 0.25) is 5.91 Å². The van der Waals surface area contributed by atoms with E-state index >= 15 is 0 Å². The second-order valence-electron chi connectivity index (χ2n) is 6.22. The summed E-state index contributed by atoms with van der Waals surface area (Å²) < 4.78 is 0. The molecule has 118 valence electrons. The average Bonchev–Trinajstić information content (AvgIpc) is 2.82. The zero-order chi connectivity index (χ0) is 15.0. The van der Waals surface area contributed by atoms with Gasteiger partial charge < -0.3 is 11.1 Å². The molecule has 3 N–H and O–H groups in total. The normalized spacial score (nSPS) is 24.1. The third kappa shape index (κ3) is 6.04. The molecule has 3 atom stereocenters. The Morgan fingerprint density at radius 3 is 2.70 bits per heavy atom. The summed E-state index contributed by atoms with van der Waals surface area (Å²) in [5, 5.41) is 3.89. The number of amides is 1. The van der Waals surface area contributed by atoms with Gasteiger partial charge in [0.05, 0.1) is 0 Å². The van der Waals surface area contributed by atoms with Crippen LogP contribution in [0.25, 0.3) is 0 Å². The van der Waals surface area contributed by atoms with Crippen molar-refractivity contribution >= 4 is 17.7 Å². The maximum atomic E-state index is 12.1. The van der Waals surface area contributed by atoms with Crippen molar-refractivity contribution in [2.24, 2.45) is 17.6 Å². The first-order valence-electron chi connectivity index (χ1n) is 8.19. The molecule has 0 aromatic rings. The van der Waals surface area contributed by atoms with E-state index in [1.165, 1.54) is 12.8 Å². The first kappa shape index (κ1) is 17.8. The number of nitrogens with two attached hydrogens (primary N) is 1. The maximum Gasteiger partial charge on any atom is 0.220 e. The molecule has 4 heteroatoms. The van der Waals surface area contributed by atoms with Crippen molar-refractivity contribution in [2.75, 3.05) is 12.3 Å². The summed E-state index contributed by atoms with van der Waals surface area (Å²) >= 11 is 2.00. The highest BCUT2D eigenvalue weighted by atomic mass is 32.2. The zero-order valence-electron chi connectivity index (χ0n) is 13.4. The van der Waals surface area contributed by atoms with Gasteiger partial charge in [0.15, 0.2) is 0 Å². The summed E-state index contributed by atoms with van der Waals surface area (Å²) in [6, 6.07) is 0.402. The van der Waals surface area contributed by atoms with E-state index in [1.807, 2.05) is 11.8 Å². The highest BCUT2D eigenvalue weighted by Gasteiger charge is 2.28. The Labute approximate surface area is 128 Å². The smallest absolute Gasteiger partial charge is 0.220 e. The molecule has 1 rings (SSSR count). The number of carbonyl (C=O) groups is 1. The minimum atomic E-state index is 0.237. The van der Waals surface area contributed by atoms with Crippen molar-refractivity contribution in [3.63, 3.8) is 0 Å². The van der Waals surface area contributed by atoms with E-state index in [-0.39, 0.29) is 5.91 Å². The van der Waals surface area contributed by atoms with E-state index in [0.717, 1.165) is 31.6 Å². The second kappa shape index (κ2) is 9.67. The lowest BCUT2D eigenvalue weighted by atomic mass is 9.88. The van der Waals surface area contributed by atoms with Gasteiger partial charge in [0, 0.05) is 17.7 Å². The molecule has 0 aliphatic heterocycles. The van der Waals surface area contributed by atoms with Crippen LogP contribution in [0.3, 0.4) is 0 Å². The van der Waals surface area contributed by atoms with E-state index in [4.69, 9.17) is 5.73 Å². The molecule has 0 spiro atoms. The predicted molar refractivity (Wildman–Crippen MR) is 88.9 cm³/mol. The van der Waals surface area contributed by atoms with Gasteiger partial charge >= 0.3 is 0 Å². The highest BCUT2D eigenvalue weighted by Crippen LogP contribution is 2.30. The molecule has 0 aromatic heterocycles. The average molecular weight is 301 g/mol. The molecule has 3 nitrogen and oxygen atoms in total. The van der Waals surface area contributed by atoms with Crippen LogP contribution in [-0.2, 0) is 4.79 Å². The molecule has 3 unspecified atom stereocenters. The lowest BCUT2D eigenvalue weighted by molar-refractivity contribution is -0.122. The number of hydrogen-bond acceptors (Lipinski definition) is 3. The Morgan fingerprint density at radius 2 is 2.10 bits per heavy atom. The van der Waals surface area contributed by atoms with Crippen LogP contribution in [0.15, 0.2) is 0 Å². The van der Waals surface area contributed by atoms with Crippen LogP contribution >= 0.6 is 11.8 Å².